The smallest absolute Gasteiger partial charge is 0.320 e. The lowest BCUT2D eigenvalue weighted by atomic mass is 9.96. The molecule has 35 heavy (non-hydrogen) atoms. The molecular weight excluding hydrogens is 448 g/mol. The van der Waals surface area contributed by atoms with Gasteiger partial charge >= 0.3 is 12.0 Å². The molecule has 188 valence electrons. The highest BCUT2D eigenvalue weighted by Gasteiger charge is 2.28. The Kier molecular flexibility index (Phi) is 8.02. The third kappa shape index (κ3) is 6.39. The molecule has 0 aliphatic carbocycles. The zero-order valence-electron chi connectivity index (χ0n) is 20.2. The maximum Gasteiger partial charge on any atom is 0.320 e. The zero-order valence-corrected chi connectivity index (χ0v) is 20.2. The number of nitrogens with one attached hydrogen (secondary N) is 1. The first-order valence-electron chi connectivity index (χ1n) is 12.3. The van der Waals surface area contributed by atoms with E-state index in [4.69, 9.17) is 10.5 Å². The first-order chi connectivity index (χ1) is 16.9. The number of benzene rings is 1. The molecule has 10 heteroatoms. The molecular formula is C25H34N6O4. The second kappa shape index (κ2) is 11.4. The predicted octanol–water partition coefficient (Wildman–Crippen LogP) is 2.88. The first kappa shape index (κ1) is 24.7. The highest BCUT2D eigenvalue weighted by Crippen LogP contribution is 2.34. The molecule has 0 radical (unpaired) electrons. The summed E-state index contributed by atoms with van der Waals surface area (Å²) in [5.41, 5.74) is 8.75. The van der Waals surface area contributed by atoms with Gasteiger partial charge in [-0.15, -0.1) is 0 Å². The van der Waals surface area contributed by atoms with Gasteiger partial charge in [-0.1, -0.05) is 44.0 Å². The summed E-state index contributed by atoms with van der Waals surface area (Å²) >= 11 is 0. The van der Waals surface area contributed by atoms with Crippen molar-refractivity contribution in [3.63, 3.8) is 0 Å². The summed E-state index contributed by atoms with van der Waals surface area (Å²) in [7, 11) is 0. The van der Waals surface area contributed by atoms with Gasteiger partial charge in [0, 0.05) is 13.1 Å². The Hall–Kier alpha value is -3.40. The molecule has 0 saturated carbocycles. The second-order valence-corrected chi connectivity index (χ2v) is 9.26. The van der Waals surface area contributed by atoms with Gasteiger partial charge in [-0.05, 0) is 43.5 Å². The van der Waals surface area contributed by atoms with E-state index in [1.54, 1.807) is 0 Å². The van der Waals surface area contributed by atoms with Crippen molar-refractivity contribution in [2.24, 2.45) is 5.92 Å². The summed E-state index contributed by atoms with van der Waals surface area (Å²) in [4.78, 5) is 36.5. The number of carbonyl (C=O) groups is 2. The van der Waals surface area contributed by atoms with Crippen molar-refractivity contribution in [2.45, 2.75) is 52.1 Å². The quantitative estimate of drug-likeness (QED) is 0.437. The number of rotatable bonds is 10. The van der Waals surface area contributed by atoms with Crippen LogP contribution in [-0.2, 0) is 22.7 Å². The predicted molar refractivity (Wildman–Crippen MR) is 133 cm³/mol. The van der Waals surface area contributed by atoms with Crippen LogP contribution in [0.1, 0.15) is 50.2 Å². The third-order valence-corrected chi connectivity index (χ3v) is 6.48. The number of nitrogens with two attached hydrogens (primary N) is 1. The highest BCUT2D eigenvalue weighted by molar-refractivity contribution is 6.03. The molecule has 0 bridgehead atoms. The number of ether oxygens (including phenoxy) is 1. The van der Waals surface area contributed by atoms with Crippen molar-refractivity contribution >= 4 is 29.2 Å². The van der Waals surface area contributed by atoms with Crippen LogP contribution >= 0.6 is 0 Å². The van der Waals surface area contributed by atoms with E-state index in [2.05, 4.69) is 39.2 Å². The van der Waals surface area contributed by atoms with Crippen LogP contribution in [0.4, 0.5) is 17.3 Å². The summed E-state index contributed by atoms with van der Waals surface area (Å²) in [6.07, 6.45) is 4.43. The van der Waals surface area contributed by atoms with Gasteiger partial charge in [0.1, 0.15) is 5.69 Å². The van der Waals surface area contributed by atoms with Crippen LogP contribution in [-0.4, -0.2) is 58.1 Å². The molecule has 1 aromatic heterocycles. The Balaban J connectivity index is 1.45. The standard InChI is InChI=1S/C25H34N6O4/c1-2-3-4-12-35-25-28-22(26)21-23(29-25)31(16-20(32)27-21)15-18-7-5-6-17(13-18)14-30-10-8-19(9-11-30)24(33)34/h5-7,13,19H,2-4,8-12,14-16H2,1H3,(H,27,32)(H,33,34)(H2,26,28,29). The van der Waals surface area contributed by atoms with Crippen molar-refractivity contribution in [2.75, 3.05) is 42.2 Å². The number of hydrogen-bond acceptors (Lipinski definition) is 8. The van der Waals surface area contributed by atoms with Gasteiger partial charge in [0.05, 0.1) is 19.1 Å². The van der Waals surface area contributed by atoms with Gasteiger partial charge in [0.15, 0.2) is 11.6 Å². The molecule has 3 heterocycles. The maximum atomic E-state index is 12.4. The Labute approximate surface area is 205 Å². The van der Waals surface area contributed by atoms with Crippen LogP contribution in [0.2, 0.25) is 0 Å². The Morgan fingerprint density at radius 2 is 1.94 bits per heavy atom. The number of carbonyl (C=O) groups excluding carboxylic acids is 1. The molecule has 0 atom stereocenters. The monoisotopic (exact) mass is 482 g/mol. The van der Waals surface area contributed by atoms with Gasteiger partial charge in [0.2, 0.25) is 5.91 Å². The van der Waals surface area contributed by atoms with E-state index >= 15 is 0 Å². The summed E-state index contributed by atoms with van der Waals surface area (Å²) < 4.78 is 5.72. The van der Waals surface area contributed by atoms with Crippen LogP contribution in [0.5, 0.6) is 6.01 Å². The van der Waals surface area contributed by atoms with Crippen LogP contribution < -0.4 is 20.7 Å². The van der Waals surface area contributed by atoms with E-state index < -0.39 is 5.97 Å². The van der Waals surface area contributed by atoms with Gasteiger partial charge in [0.25, 0.3) is 0 Å². The second-order valence-electron chi connectivity index (χ2n) is 9.26. The van der Waals surface area contributed by atoms with E-state index in [1.165, 1.54) is 0 Å². The van der Waals surface area contributed by atoms with E-state index in [0.29, 0.717) is 37.5 Å². The zero-order chi connectivity index (χ0) is 24.8. The Morgan fingerprint density at radius 1 is 1.20 bits per heavy atom. The number of unbranched alkanes of at least 4 members (excludes halogenated alkanes) is 2. The largest absolute Gasteiger partial charge is 0.481 e. The summed E-state index contributed by atoms with van der Waals surface area (Å²) in [5, 5.41) is 12.0. The molecule has 10 nitrogen and oxygen atoms in total. The number of nitrogen functional groups attached to an aromatic ring is 1. The number of carboxylic acids is 1. The third-order valence-electron chi connectivity index (χ3n) is 6.48. The number of fused-ring (bicyclic) bond motifs is 1. The fourth-order valence-electron chi connectivity index (χ4n) is 4.57. The number of likely N-dealkylation sites (tertiary alicyclic amines) is 1. The number of carboxylic acid groups (broad SMARTS) is 1. The average molecular weight is 483 g/mol. The molecule has 2 aliphatic heterocycles. The molecule has 1 fully saturated rings. The van der Waals surface area contributed by atoms with Crippen molar-refractivity contribution < 1.29 is 19.4 Å². The summed E-state index contributed by atoms with van der Waals surface area (Å²) in [6.45, 7) is 5.61. The normalized spacial score (nSPS) is 16.6. The minimum atomic E-state index is -0.698. The first-order valence-corrected chi connectivity index (χ1v) is 12.3. The number of aliphatic carboxylic acids is 1. The average Bonchev–Trinajstić information content (AvgIpc) is 2.83. The number of piperidine rings is 1. The van der Waals surface area contributed by atoms with E-state index in [-0.39, 0.29) is 30.2 Å². The van der Waals surface area contributed by atoms with E-state index in [1.807, 2.05) is 17.0 Å². The highest BCUT2D eigenvalue weighted by atomic mass is 16.5. The summed E-state index contributed by atoms with van der Waals surface area (Å²) in [5.74, 6) is -0.350. The van der Waals surface area contributed by atoms with E-state index in [9.17, 15) is 14.7 Å². The molecule has 4 N–H and O–H groups in total. The minimum Gasteiger partial charge on any atom is -0.481 e. The fourth-order valence-corrected chi connectivity index (χ4v) is 4.57. The van der Waals surface area contributed by atoms with Crippen LogP contribution in [0.3, 0.4) is 0 Å². The molecule has 1 saturated heterocycles. The lowest BCUT2D eigenvalue weighted by molar-refractivity contribution is -0.143. The number of nitrogens with zero attached hydrogens (tertiary/aromatic N) is 4. The van der Waals surface area contributed by atoms with Gasteiger partial charge in [-0.2, -0.15) is 9.97 Å². The Bertz CT molecular complexity index is 1050. The molecule has 0 unspecified atom stereocenters. The van der Waals surface area contributed by atoms with Crippen LogP contribution in [0.15, 0.2) is 24.3 Å². The fraction of sp³-hybridized carbons (Fsp3) is 0.520. The number of anilines is 3. The Morgan fingerprint density at radius 3 is 2.66 bits per heavy atom. The van der Waals surface area contributed by atoms with Gasteiger partial charge in [-0.25, -0.2) is 0 Å². The number of amides is 1. The van der Waals surface area contributed by atoms with Crippen molar-refractivity contribution in [1.82, 2.24) is 14.9 Å². The number of hydrogen-bond donors (Lipinski definition) is 3. The SMILES string of the molecule is CCCCCOc1nc(N)c2c(n1)N(Cc1cccc(CN3CCC(C(=O)O)CC3)c1)CC(=O)N2. The lowest BCUT2D eigenvalue weighted by Gasteiger charge is -2.31. The maximum absolute atomic E-state index is 12.4. The molecule has 1 amide bonds. The van der Waals surface area contributed by atoms with E-state index in [0.717, 1.165) is 50.0 Å². The lowest BCUT2D eigenvalue weighted by Crippen LogP contribution is -2.39. The molecule has 4 rings (SSSR count). The van der Waals surface area contributed by atoms with Gasteiger partial charge < -0.3 is 25.8 Å². The summed E-state index contributed by atoms with van der Waals surface area (Å²) in [6, 6.07) is 8.46. The van der Waals surface area contributed by atoms with Gasteiger partial charge in [-0.3, -0.25) is 14.5 Å². The number of aromatic nitrogens is 2. The molecule has 0 spiro atoms. The molecule has 2 aliphatic rings. The molecule has 1 aromatic carbocycles. The topological polar surface area (TPSA) is 134 Å². The van der Waals surface area contributed by atoms with Crippen LogP contribution in [0.25, 0.3) is 0 Å². The van der Waals surface area contributed by atoms with Crippen molar-refractivity contribution in [1.29, 1.82) is 0 Å². The minimum absolute atomic E-state index is 0.158. The van der Waals surface area contributed by atoms with Crippen LogP contribution in [0, 0.1) is 5.92 Å². The van der Waals surface area contributed by atoms with Crippen molar-refractivity contribution in [3.05, 3.63) is 35.4 Å². The van der Waals surface area contributed by atoms with Crippen molar-refractivity contribution in [3.8, 4) is 6.01 Å². The molecule has 2 aromatic rings.